The van der Waals surface area contributed by atoms with Crippen LogP contribution in [0.15, 0.2) is 64.8 Å². The summed E-state index contributed by atoms with van der Waals surface area (Å²) >= 11 is 0. The van der Waals surface area contributed by atoms with Crippen LogP contribution >= 0.6 is 0 Å². The summed E-state index contributed by atoms with van der Waals surface area (Å²) in [5, 5.41) is 20.5. The summed E-state index contributed by atoms with van der Waals surface area (Å²) in [5.74, 6) is -1.11. The van der Waals surface area contributed by atoms with Crippen molar-refractivity contribution in [2.24, 2.45) is 10.2 Å². The normalized spacial score (nSPS) is 14.8. The van der Waals surface area contributed by atoms with Crippen LogP contribution in [0.25, 0.3) is 11.1 Å². The molecule has 32 heavy (non-hydrogen) atoms. The van der Waals surface area contributed by atoms with Crippen LogP contribution in [0, 0.1) is 26.6 Å². The van der Waals surface area contributed by atoms with E-state index in [2.05, 4.69) is 15.6 Å². The number of hydrogen-bond donors (Lipinski definition) is 2. The number of rotatable bonds is 4. The largest absolute Gasteiger partial charge is 0.505 e. The molecule has 0 saturated heterocycles. The minimum absolute atomic E-state index is 0.0548. The predicted molar refractivity (Wildman–Crippen MR) is 126 cm³/mol. The minimum Gasteiger partial charge on any atom is -0.505 e. The van der Waals surface area contributed by atoms with Gasteiger partial charge < -0.3 is 5.11 Å². The molecule has 1 heterocycles. The number of hydrazone groups is 2. The van der Waals surface area contributed by atoms with Crippen molar-refractivity contribution in [2.45, 2.75) is 27.7 Å². The molecule has 0 unspecified atom stereocenters. The summed E-state index contributed by atoms with van der Waals surface area (Å²) in [6.07, 6.45) is 0. The van der Waals surface area contributed by atoms with Crippen LogP contribution < -0.4 is 10.4 Å². The zero-order valence-electron chi connectivity index (χ0n) is 18.3. The molecule has 3 aromatic carbocycles. The second kappa shape index (κ2) is 8.26. The van der Waals surface area contributed by atoms with Crippen LogP contribution in [0.5, 0.6) is 5.75 Å². The minimum atomic E-state index is -0.540. The number of benzene rings is 3. The second-order valence-electron chi connectivity index (χ2n) is 7.86. The van der Waals surface area contributed by atoms with Gasteiger partial charge in [-0.3, -0.25) is 10.2 Å². The molecule has 0 aliphatic carbocycles. The van der Waals surface area contributed by atoms with E-state index in [4.69, 9.17) is 0 Å². The molecule has 3 aromatic rings. The summed E-state index contributed by atoms with van der Waals surface area (Å²) in [5.41, 5.74) is 7.98. The molecule has 0 atom stereocenters. The number of amides is 1. The number of nitrogens with zero attached hydrogens (tertiary/aromatic N) is 3. The first-order chi connectivity index (χ1) is 15.2. The molecular formula is C25H23FN4O2. The van der Waals surface area contributed by atoms with Crippen molar-refractivity contribution in [1.82, 2.24) is 0 Å². The number of carbonyl (C=O) groups is 1. The first kappa shape index (κ1) is 21.2. The summed E-state index contributed by atoms with van der Waals surface area (Å²) < 4.78 is 14.3. The van der Waals surface area contributed by atoms with Gasteiger partial charge in [-0.25, -0.2) is 4.39 Å². The molecule has 1 amide bonds. The van der Waals surface area contributed by atoms with E-state index < -0.39 is 11.7 Å². The van der Waals surface area contributed by atoms with E-state index in [-0.39, 0.29) is 17.1 Å². The van der Waals surface area contributed by atoms with E-state index in [0.29, 0.717) is 22.5 Å². The molecule has 0 fully saturated rings. The third-order valence-corrected chi connectivity index (χ3v) is 5.41. The van der Waals surface area contributed by atoms with E-state index in [9.17, 15) is 14.3 Å². The smallest absolute Gasteiger partial charge is 0.301 e. The molecule has 7 heteroatoms. The second-order valence-corrected chi connectivity index (χ2v) is 7.86. The third kappa shape index (κ3) is 3.97. The van der Waals surface area contributed by atoms with Gasteiger partial charge in [0.15, 0.2) is 5.71 Å². The number of hydrogen-bond acceptors (Lipinski definition) is 5. The van der Waals surface area contributed by atoms with Crippen LogP contribution in [0.3, 0.4) is 0 Å². The Balaban J connectivity index is 1.64. The van der Waals surface area contributed by atoms with Gasteiger partial charge in [0, 0.05) is 11.6 Å². The topological polar surface area (TPSA) is 77.3 Å². The van der Waals surface area contributed by atoms with Crippen molar-refractivity contribution in [3.05, 3.63) is 77.1 Å². The number of halogens is 1. The fraction of sp³-hybridized carbons (Fsp3) is 0.160. The number of aryl methyl sites for hydroxylation is 3. The van der Waals surface area contributed by atoms with Crippen molar-refractivity contribution in [3.63, 3.8) is 0 Å². The molecular weight excluding hydrogens is 407 g/mol. The fourth-order valence-electron chi connectivity index (χ4n) is 3.49. The molecule has 162 valence electrons. The Hall–Kier alpha value is -4.00. The molecule has 0 spiro atoms. The number of carbonyl (C=O) groups excluding carboxylic acids is 1. The van der Waals surface area contributed by atoms with Gasteiger partial charge in [-0.2, -0.15) is 15.2 Å². The van der Waals surface area contributed by atoms with Gasteiger partial charge in [0.1, 0.15) is 17.3 Å². The van der Waals surface area contributed by atoms with Crippen LogP contribution in [0.2, 0.25) is 0 Å². The molecule has 4 rings (SSSR count). The van der Waals surface area contributed by atoms with Crippen LogP contribution in [0.4, 0.5) is 15.8 Å². The zero-order chi connectivity index (χ0) is 23.0. The fourth-order valence-corrected chi connectivity index (χ4v) is 3.49. The van der Waals surface area contributed by atoms with E-state index in [1.54, 1.807) is 13.0 Å². The van der Waals surface area contributed by atoms with E-state index >= 15 is 0 Å². The van der Waals surface area contributed by atoms with Crippen molar-refractivity contribution in [3.8, 4) is 16.9 Å². The van der Waals surface area contributed by atoms with Crippen molar-refractivity contribution >= 4 is 28.7 Å². The van der Waals surface area contributed by atoms with E-state index in [0.717, 1.165) is 22.8 Å². The Bertz CT molecular complexity index is 1300. The third-order valence-electron chi connectivity index (χ3n) is 5.41. The van der Waals surface area contributed by atoms with Gasteiger partial charge in [0.25, 0.3) is 0 Å². The summed E-state index contributed by atoms with van der Waals surface area (Å²) in [6.45, 7) is 7.54. The van der Waals surface area contributed by atoms with Crippen LogP contribution in [-0.2, 0) is 4.79 Å². The Morgan fingerprint density at radius 2 is 1.78 bits per heavy atom. The lowest BCUT2D eigenvalue weighted by molar-refractivity contribution is -0.112. The highest BCUT2D eigenvalue weighted by molar-refractivity contribution is 6.71. The Labute approximate surface area is 185 Å². The highest BCUT2D eigenvalue weighted by Gasteiger charge is 2.31. The lowest BCUT2D eigenvalue weighted by Gasteiger charge is -2.13. The SMILES string of the molecule is CC1=NN(c2ccc(C)c(C)c2)C(=O)/C1=N\Nc1cc(F)cc(-c2cccc(C)c2)c1O. The molecule has 0 saturated carbocycles. The summed E-state index contributed by atoms with van der Waals surface area (Å²) in [7, 11) is 0. The molecule has 0 radical (unpaired) electrons. The molecule has 0 aromatic heterocycles. The molecule has 6 nitrogen and oxygen atoms in total. The summed E-state index contributed by atoms with van der Waals surface area (Å²) in [6, 6.07) is 15.4. The number of phenols is 1. The van der Waals surface area contributed by atoms with Gasteiger partial charge in [0.05, 0.1) is 11.4 Å². The monoisotopic (exact) mass is 430 g/mol. The molecule has 1 aliphatic rings. The Morgan fingerprint density at radius 1 is 1.00 bits per heavy atom. The van der Waals surface area contributed by atoms with Gasteiger partial charge in [-0.05, 0) is 62.6 Å². The van der Waals surface area contributed by atoms with Crippen molar-refractivity contribution < 1.29 is 14.3 Å². The molecule has 0 bridgehead atoms. The van der Waals surface area contributed by atoms with Gasteiger partial charge in [-0.1, -0.05) is 35.9 Å². The quantitative estimate of drug-likeness (QED) is 0.435. The van der Waals surface area contributed by atoms with E-state index in [1.165, 1.54) is 11.1 Å². The lowest BCUT2D eigenvalue weighted by Crippen LogP contribution is -2.28. The van der Waals surface area contributed by atoms with Gasteiger partial charge in [-0.15, -0.1) is 0 Å². The average Bonchev–Trinajstić information content (AvgIpc) is 3.04. The molecule has 1 aliphatic heterocycles. The van der Waals surface area contributed by atoms with Gasteiger partial charge >= 0.3 is 5.91 Å². The zero-order valence-corrected chi connectivity index (χ0v) is 18.3. The van der Waals surface area contributed by atoms with Gasteiger partial charge in [0.2, 0.25) is 0 Å². The highest BCUT2D eigenvalue weighted by Crippen LogP contribution is 2.37. The van der Waals surface area contributed by atoms with Crippen LogP contribution in [0.1, 0.15) is 23.6 Å². The van der Waals surface area contributed by atoms with Crippen molar-refractivity contribution in [2.75, 3.05) is 10.4 Å². The Kier molecular flexibility index (Phi) is 5.48. The maximum absolute atomic E-state index is 14.3. The average molecular weight is 430 g/mol. The Morgan fingerprint density at radius 3 is 2.50 bits per heavy atom. The summed E-state index contributed by atoms with van der Waals surface area (Å²) in [4.78, 5) is 12.9. The first-order valence-corrected chi connectivity index (χ1v) is 10.1. The number of nitrogens with one attached hydrogen (secondary N) is 1. The van der Waals surface area contributed by atoms with Crippen LogP contribution in [-0.4, -0.2) is 22.4 Å². The number of phenolic OH excluding ortho intramolecular Hbond substituents is 1. The first-order valence-electron chi connectivity index (χ1n) is 10.1. The molecule has 2 N–H and O–H groups in total. The standard InChI is InChI=1S/C25H23FN4O2/c1-14-6-5-7-18(10-14)21-12-19(26)13-22(24(21)31)27-28-23-17(4)29-30(25(23)32)20-9-8-15(2)16(3)11-20/h5-13,27,31H,1-4H3/b28-23-. The van der Waals surface area contributed by atoms with Crippen molar-refractivity contribution in [1.29, 1.82) is 0 Å². The predicted octanol–water partition coefficient (Wildman–Crippen LogP) is 5.31. The maximum Gasteiger partial charge on any atom is 0.301 e. The highest BCUT2D eigenvalue weighted by atomic mass is 19.1. The lowest BCUT2D eigenvalue weighted by atomic mass is 10.0. The van der Waals surface area contributed by atoms with E-state index in [1.807, 2.05) is 57.2 Å². The number of aromatic hydroxyl groups is 1. The maximum atomic E-state index is 14.3. The number of anilines is 2.